The first kappa shape index (κ1) is 20.7. The van der Waals surface area contributed by atoms with Crippen LogP contribution in [0.2, 0.25) is 0 Å². The van der Waals surface area contributed by atoms with Crippen LogP contribution in [0.25, 0.3) is 5.70 Å². The second-order valence-electron chi connectivity index (χ2n) is 7.58. The summed E-state index contributed by atoms with van der Waals surface area (Å²) in [5.41, 5.74) is 7.50. The Bertz CT molecular complexity index is 772. The van der Waals surface area contributed by atoms with Gasteiger partial charge < -0.3 is 20.3 Å². The smallest absolute Gasteiger partial charge is 0.337 e. The molecular weight excluding hydrogens is 370 g/mol. The van der Waals surface area contributed by atoms with Gasteiger partial charge in [-0.15, -0.1) is 11.3 Å². The van der Waals surface area contributed by atoms with E-state index >= 15 is 0 Å². The highest BCUT2D eigenvalue weighted by Crippen LogP contribution is 2.35. The lowest BCUT2D eigenvalue weighted by Crippen LogP contribution is -2.35. The number of rotatable bonds is 2. The maximum Gasteiger partial charge on any atom is 0.337 e. The lowest BCUT2D eigenvalue weighted by Gasteiger charge is -2.29. The average Bonchev–Trinajstić information content (AvgIpc) is 3.17. The van der Waals surface area contributed by atoms with Gasteiger partial charge in [0, 0.05) is 30.4 Å². The van der Waals surface area contributed by atoms with E-state index in [0.717, 1.165) is 0 Å². The van der Waals surface area contributed by atoms with Gasteiger partial charge in [-0.2, -0.15) is 0 Å². The summed E-state index contributed by atoms with van der Waals surface area (Å²) < 4.78 is 4.78. The SMILES string of the molecule is COC(=O)C1=CC2N(C=C1)C=C(c1ccc(C)s1)N2C.NC1CCCCCC1. The molecule has 2 aliphatic heterocycles. The minimum Gasteiger partial charge on any atom is -0.465 e. The lowest BCUT2D eigenvalue weighted by molar-refractivity contribution is -0.135. The van der Waals surface area contributed by atoms with Crippen molar-refractivity contribution in [3.8, 4) is 0 Å². The molecule has 3 heterocycles. The Morgan fingerprint density at radius 3 is 2.54 bits per heavy atom. The number of nitrogens with zero attached hydrogens (tertiary/aromatic N) is 2. The highest BCUT2D eigenvalue weighted by atomic mass is 32.1. The molecule has 0 saturated heterocycles. The summed E-state index contributed by atoms with van der Waals surface area (Å²) in [7, 11) is 3.44. The molecule has 1 atom stereocenters. The van der Waals surface area contributed by atoms with Gasteiger partial charge in [-0.25, -0.2) is 4.79 Å². The largest absolute Gasteiger partial charge is 0.465 e. The number of likely N-dealkylation sites (N-methyl/N-ethyl adjacent to an activating group) is 1. The Balaban J connectivity index is 0.000000236. The van der Waals surface area contributed by atoms with Crippen LogP contribution in [-0.2, 0) is 9.53 Å². The predicted octanol–water partition coefficient (Wildman–Crippen LogP) is 4.22. The molecule has 1 unspecified atom stereocenters. The second-order valence-corrected chi connectivity index (χ2v) is 8.87. The molecule has 1 aliphatic carbocycles. The molecule has 1 fully saturated rings. The van der Waals surface area contributed by atoms with Crippen molar-refractivity contribution >= 4 is 23.0 Å². The molecule has 0 amide bonds. The molecule has 2 N–H and O–H groups in total. The number of carbonyl (C=O) groups is 1. The van der Waals surface area contributed by atoms with E-state index in [1.807, 2.05) is 19.3 Å². The van der Waals surface area contributed by atoms with Crippen LogP contribution in [0.15, 0.2) is 42.3 Å². The number of methoxy groups -OCH3 is 1. The number of fused-ring (bicyclic) bond motifs is 1. The molecule has 3 aliphatic rings. The minimum atomic E-state index is -0.297. The van der Waals surface area contributed by atoms with Crippen molar-refractivity contribution in [3.05, 3.63) is 52.0 Å². The number of nitrogens with two attached hydrogens (primary N) is 1. The normalized spacial score (nSPS) is 21.9. The molecule has 0 radical (unpaired) electrons. The Labute approximate surface area is 172 Å². The van der Waals surface area contributed by atoms with Gasteiger partial charge in [0.05, 0.1) is 23.3 Å². The Hall–Kier alpha value is -2.05. The molecule has 1 aromatic rings. The molecule has 0 spiro atoms. The number of hydrogen-bond donors (Lipinski definition) is 1. The number of carbonyl (C=O) groups excluding carboxylic acids is 1. The van der Waals surface area contributed by atoms with Crippen LogP contribution in [0.5, 0.6) is 0 Å². The summed E-state index contributed by atoms with van der Waals surface area (Å²) in [6.45, 7) is 2.10. The standard InChI is InChI=1S/C15H16N2O2S.C7H15N/c1-10-4-5-13(20-10)12-9-17-7-6-11(15(18)19-3)8-14(17)16(12)2;8-7-5-3-1-2-4-6-7/h4-9,14H,1-3H3;7H,1-6,8H2. The monoisotopic (exact) mass is 401 g/mol. The molecular formula is C22H31N3O2S. The van der Waals surface area contributed by atoms with Gasteiger partial charge in [0.15, 0.2) is 0 Å². The van der Waals surface area contributed by atoms with Crippen LogP contribution < -0.4 is 5.73 Å². The first-order valence-corrected chi connectivity index (χ1v) is 10.8. The minimum absolute atomic E-state index is 0.0338. The highest BCUT2D eigenvalue weighted by Gasteiger charge is 2.31. The summed E-state index contributed by atoms with van der Waals surface area (Å²) in [4.78, 5) is 18.4. The summed E-state index contributed by atoms with van der Waals surface area (Å²) in [5.74, 6) is -0.297. The topological polar surface area (TPSA) is 58.8 Å². The van der Waals surface area contributed by atoms with E-state index in [4.69, 9.17) is 10.5 Å². The number of thiophene rings is 1. The molecule has 0 aromatic carbocycles. The van der Waals surface area contributed by atoms with Crippen LogP contribution in [0.1, 0.15) is 48.3 Å². The number of aryl methyl sites for hydroxylation is 1. The zero-order valence-electron chi connectivity index (χ0n) is 17.1. The number of esters is 1. The Kier molecular flexibility index (Phi) is 6.97. The third-order valence-electron chi connectivity index (χ3n) is 5.42. The molecule has 0 bridgehead atoms. The third-order valence-corrected chi connectivity index (χ3v) is 6.45. The van der Waals surface area contributed by atoms with Crippen molar-refractivity contribution in [3.63, 3.8) is 0 Å². The second kappa shape index (κ2) is 9.43. The van der Waals surface area contributed by atoms with Crippen LogP contribution in [-0.4, -0.2) is 42.1 Å². The fourth-order valence-corrected chi connectivity index (χ4v) is 4.66. The summed E-state index contributed by atoms with van der Waals surface area (Å²) >= 11 is 1.77. The summed E-state index contributed by atoms with van der Waals surface area (Å²) in [6, 6.07) is 4.78. The van der Waals surface area contributed by atoms with Crippen molar-refractivity contribution in [2.45, 2.75) is 57.7 Å². The molecule has 1 aromatic heterocycles. The van der Waals surface area contributed by atoms with E-state index in [0.29, 0.717) is 11.6 Å². The van der Waals surface area contributed by atoms with Crippen molar-refractivity contribution < 1.29 is 9.53 Å². The van der Waals surface area contributed by atoms with E-state index in [1.165, 1.54) is 61.1 Å². The Morgan fingerprint density at radius 2 is 1.93 bits per heavy atom. The van der Waals surface area contributed by atoms with Crippen LogP contribution >= 0.6 is 11.3 Å². The van der Waals surface area contributed by atoms with Gasteiger partial charge in [-0.3, -0.25) is 0 Å². The zero-order valence-corrected chi connectivity index (χ0v) is 17.9. The molecule has 6 heteroatoms. The molecule has 152 valence electrons. The van der Waals surface area contributed by atoms with Gasteiger partial charge in [-0.1, -0.05) is 25.7 Å². The maximum atomic E-state index is 11.6. The first-order chi connectivity index (χ1) is 13.5. The van der Waals surface area contributed by atoms with Crippen LogP contribution in [0.4, 0.5) is 0 Å². The quantitative estimate of drug-likeness (QED) is 0.594. The van der Waals surface area contributed by atoms with Crippen LogP contribution in [0.3, 0.4) is 0 Å². The van der Waals surface area contributed by atoms with Crippen molar-refractivity contribution in [1.29, 1.82) is 0 Å². The van der Waals surface area contributed by atoms with E-state index in [-0.39, 0.29) is 12.1 Å². The third kappa shape index (κ3) is 4.86. The zero-order chi connectivity index (χ0) is 20.1. The van der Waals surface area contributed by atoms with Gasteiger partial charge in [0.25, 0.3) is 0 Å². The predicted molar refractivity (Wildman–Crippen MR) is 115 cm³/mol. The molecule has 1 saturated carbocycles. The highest BCUT2D eigenvalue weighted by molar-refractivity contribution is 7.13. The summed E-state index contributed by atoms with van der Waals surface area (Å²) in [6.07, 6.45) is 15.8. The van der Waals surface area contributed by atoms with Crippen molar-refractivity contribution in [2.75, 3.05) is 14.2 Å². The van der Waals surface area contributed by atoms with Crippen LogP contribution in [0, 0.1) is 6.92 Å². The lowest BCUT2D eigenvalue weighted by atomic mass is 10.1. The first-order valence-electron chi connectivity index (χ1n) is 10.0. The fourth-order valence-electron chi connectivity index (χ4n) is 3.74. The van der Waals surface area contributed by atoms with Gasteiger partial charge in [0.1, 0.15) is 6.17 Å². The molecule has 5 nitrogen and oxygen atoms in total. The van der Waals surface area contributed by atoms with E-state index in [2.05, 4.69) is 35.1 Å². The van der Waals surface area contributed by atoms with Crippen molar-refractivity contribution in [1.82, 2.24) is 9.80 Å². The summed E-state index contributed by atoms with van der Waals surface area (Å²) in [5, 5.41) is 0. The van der Waals surface area contributed by atoms with Gasteiger partial charge in [-0.05, 0) is 44.1 Å². The fraction of sp³-hybridized carbons (Fsp3) is 0.500. The van der Waals surface area contributed by atoms with E-state index in [9.17, 15) is 4.79 Å². The average molecular weight is 402 g/mol. The molecule has 28 heavy (non-hydrogen) atoms. The number of hydrogen-bond acceptors (Lipinski definition) is 6. The van der Waals surface area contributed by atoms with E-state index < -0.39 is 0 Å². The number of ether oxygens (including phenoxy) is 1. The maximum absolute atomic E-state index is 11.6. The van der Waals surface area contributed by atoms with E-state index in [1.54, 1.807) is 17.4 Å². The van der Waals surface area contributed by atoms with Crippen molar-refractivity contribution in [2.24, 2.45) is 5.73 Å². The Morgan fingerprint density at radius 1 is 1.21 bits per heavy atom. The van der Waals surface area contributed by atoms with Gasteiger partial charge in [0.2, 0.25) is 0 Å². The molecule has 4 rings (SSSR count). The van der Waals surface area contributed by atoms with Gasteiger partial charge >= 0.3 is 5.97 Å².